The molecule has 0 saturated carbocycles. The van der Waals surface area contributed by atoms with Crippen molar-refractivity contribution in [2.24, 2.45) is 10.8 Å². The first kappa shape index (κ1) is 17.9. The fraction of sp³-hybridized carbons (Fsp3) is 0.267. The lowest BCUT2D eigenvalue weighted by atomic mass is 10.1. The van der Waals surface area contributed by atoms with E-state index in [2.05, 4.69) is 15.3 Å². The van der Waals surface area contributed by atoms with E-state index >= 15 is 0 Å². The fourth-order valence-electron chi connectivity index (χ4n) is 2.12. The van der Waals surface area contributed by atoms with Gasteiger partial charge in [0.1, 0.15) is 0 Å². The van der Waals surface area contributed by atoms with Gasteiger partial charge in [-0.3, -0.25) is 9.59 Å². The van der Waals surface area contributed by atoms with Crippen molar-refractivity contribution in [3.63, 3.8) is 0 Å². The van der Waals surface area contributed by atoms with Crippen LogP contribution in [0.15, 0.2) is 44.1 Å². The maximum absolute atomic E-state index is 12.3. The zero-order chi connectivity index (χ0) is 17.6. The standard InChI is InChI=1S/C15H15N5O2S3/c16-12(21)8-23-14-17-18-15(25-14)24-9-13(22)20-7-6-11(19-20)10-4-2-1-3-5-10/h1-5H,6-9H2,(H2,16,21). The van der Waals surface area contributed by atoms with E-state index in [-0.39, 0.29) is 17.4 Å². The summed E-state index contributed by atoms with van der Waals surface area (Å²) in [6.45, 7) is 0.597. The van der Waals surface area contributed by atoms with Gasteiger partial charge < -0.3 is 5.73 Å². The number of primary amides is 1. The number of nitrogens with zero attached hydrogens (tertiary/aromatic N) is 4. The third-order valence-electron chi connectivity index (χ3n) is 3.24. The normalized spacial score (nSPS) is 13.8. The molecule has 2 N–H and O–H groups in total. The zero-order valence-corrected chi connectivity index (χ0v) is 15.6. The lowest BCUT2D eigenvalue weighted by Crippen LogP contribution is -2.25. The molecule has 1 aliphatic heterocycles. The molecule has 130 valence electrons. The van der Waals surface area contributed by atoms with Crippen LogP contribution in [0.4, 0.5) is 0 Å². The number of hydrogen-bond acceptors (Lipinski definition) is 8. The van der Waals surface area contributed by atoms with E-state index < -0.39 is 5.91 Å². The number of carbonyl (C=O) groups is 2. The van der Waals surface area contributed by atoms with Gasteiger partial charge in [0.15, 0.2) is 8.68 Å². The van der Waals surface area contributed by atoms with Crippen LogP contribution in [0, 0.1) is 0 Å². The Morgan fingerprint density at radius 3 is 2.48 bits per heavy atom. The van der Waals surface area contributed by atoms with Crippen LogP contribution in [-0.4, -0.2) is 50.8 Å². The minimum atomic E-state index is -0.398. The minimum absolute atomic E-state index is 0.0579. The highest BCUT2D eigenvalue weighted by Crippen LogP contribution is 2.29. The van der Waals surface area contributed by atoms with Crippen molar-refractivity contribution in [1.29, 1.82) is 0 Å². The van der Waals surface area contributed by atoms with Gasteiger partial charge in [-0.05, 0) is 5.56 Å². The summed E-state index contributed by atoms with van der Waals surface area (Å²) in [6.07, 6.45) is 0.757. The van der Waals surface area contributed by atoms with E-state index in [1.165, 1.54) is 39.9 Å². The molecule has 0 aliphatic carbocycles. The van der Waals surface area contributed by atoms with Gasteiger partial charge in [-0.1, -0.05) is 65.2 Å². The predicted molar refractivity (Wildman–Crippen MR) is 99.9 cm³/mol. The van der Waals surface area contributed by atoms with Crippen LogP contribution in [0.3, 0.4) is 0 Å². The highest BCUT2D eigenvalue weighted by molar-refractivity contribution is 8.03. The van der Waals surface area contributed by atoms with Gasteiger partial charge in [-0.2, -0.15) is 5.10 Å². The zero-order valence-electron chi connectivity index (χ0n) is 13.1. The Bertz CT molecular complexity index is 793. The van der Waals surface area contributed by atoms with Gasteiger partial charge in [-0.25, -0.2) is 5.01 Å². The third kappa shape index (κ3) is 5.03. The average molecular weight is 394 g/mol. The van der Waals surface area contributed by atoms with Crippen molar-refractivity contribution >= 4 is 52.4 Å². The maximum atomic E-state index is 12.3. The van der Waals surface area contributed by atoms with Crippen LogP contribution in [0.5, 0.6) is 0 Å². The van der Waals surface area contributed by atoms with E-state index in [0.717, 1.165) is 17.7 Å². The van der Waals surface area contributed by atoms with Crippen molar-refractivity contribution in [3.05, 3.63) is 35.9 Å². The van der Waals surface area contributed by atoms with Crippen LogP contribution < -0.4 is 5.73 Å². The molecule has 0 bridgehead atoms. The van der Waals surface area contributed by atoms with Crippen LogP contribution in [0.2, 0.25) is 0 Å². The number of thioether (sulfide) groups is 2. The molecule has 1 aromatic carbocycles. The number of benzene rings is 1. The van der Waals surface area contributed by atoms with Crippen LogP contribution in [0.1, 0.15) is 12.0 Å². The van der Waals surface area contributed by atoms with Crippen molar-refractivity contribution in [3.8, 4) is 0 Å². The quantitative estimate of drug-likeness (QED) is 0.720. The fourth-order valence-corrected chi connectivity index (χ4v) is 4.74. The summed E-state index contributed by atoms with van der Waals surface area (Å²) < 4.78 is 1.35. The van der Waals surface area contributed by atoms with E-state index in [1.807, 2.05) is 30.3 Å². The average Bonchev–Trinajstić information content (AvgIpc) is 3.28. The van der Waals surface area contributed by atoms with Crippen molar-refractivity contribution < 1.29 is 9.59 Å². The molecule has 1 aliphatic rings. The number of rotatable bonds is 7. The van der Waals surface area contributed by atoms with E-state index in [0.29, 0.717) is 15.2 Å². The third-order valence-corrected chi connectivity index (χ3v) is 6.44. The summed E-state index contributed by atoms with van der Waals surface area (Å²) in [5.74, 6) is -0.0351. The van der Waals surface area contributed by atoms with E-state index in [4.69, 9.17) is 5.73 Å². The molecule has 2 amide bonds. The summed E-state index contributed by atoms with van der Waals surface area (Å²) in [5.41, 5.74) is 7.07. The first-order valence-corrected chi connectivity index (χ1v) is 10.2. The van der Waals surface area contributed by atoms with Crippen LogP contribution in [-0.2, 0) is 9.59 Å². The van der Waals surface area contributed by atoms with Gasteiger partial charge in [0.2, 0.25) is 5.91 Å². The summed E-state index contributed by atoms with van der Waals surface area (Å²) in [6, 6.07) is 9.86. The second-order valence-electron chi connectivity index (χ2n) is 5.06. The van der Waals surface area contributed by atoms with Gasteiger partial charge in [0.05, 0.1) is 23.8 Å². The first-order valence-electron chi connectivity index (χ1n) is 7.42. The molecule has 7 nitrogen and oxygen atoms in total. The van der Waals surface area contributed by atoms with Crippen LogP contribution in [0.25, 0.3) is 0 Å². The second-order valence-corrected chi connectivity index (χ2v) is 8.48. The number of carbonyl (C=O) groups excluding carboxylic acids is 2. The predicted octanol–water partition coefficient (Wildman–Crippen LogP) is 1.84. The summed E-state index contributed by atoms with van der Waals surface area (Å²) in [7, 11) is 0. The van der Waals surface area contributed by atoms with Crippen molar-refractivity contribution in [2.45, 2.75) is 15.1 Å². The molecule has 0 radical (unpaired) electrons. The molecule has 0 unspecified atom stereocenters. The molecule has 0 atom stereocenters. The van der Waals surface area contributed by atoms with Crippen LogP contribution >= 0.6 is 34.9 Å². The van der Waals surface area contributed by atoms with E-state index in [9.17, 15) is 9.59 Å². The summed E-state index contributed by atoms with van der Waals surface area (Å²) >= 11 is 3.92. The molecule has 2 aromatic rings. The summed E-state index contributed by atoms with van der Waals surface area (Å²) in [4.78, 5) is 23.1. The van der Waals surface area contributed by atoms with Gasteiger partial charge in [-0.15, -0.1) is 10.2 Å². The Morgan fingerprint density at radius 1 is 1.12 bits per heavy atom. The highest BCUT2D eigenvalue weighted by atomic mass is 32.2. The SMILES string of the molecule is NC(=O)CSc1nnc(SCC(=O)N2CCC(c3ccccc3)=N2)s1. The largest absolute Gasteiger partial charge is 0.369 e. The first-order chi connectivity index (χ1) is 12.1. The number of hydrogen-bond donors (Lipinski definition) is 1. The molecule has 0 fully saturated rings. The van der Waals surface area contributed by atoms with E-state index in [1.54, 1.807) is 0 Å². The Balaban J connectivity index is 1.51. The molecule has 0 spiro atoms. The number of hydrazone groups is 1. The Hall–Kier alpha value is -1.91. The Kier molecular flexibility index (Phi) is 6.05. The van der Waals surface area contributed by atoms with Gasteiger partial charge in [0.25, 0.3) is 5.91 Å². The number of aromatic nitrogens is 2. The second kappa shape index (κ2) is 8.45. The topological polar surface area (TPSA) is 102 Å². The minimum Gasteiger partial charge on any atom is -0.369 e. The molecular weight excluding hydrogens is 378 g/mol. The lowest BCUT2D eigenvalue weighted by molar-refractivity contribution is -0.127. The highest BCUT2D eigenvalue weighted by Gasteiger charge is 2.22. The summed E-state index contributed by atoms with van der Waals surface area (Å²) in [5, 5.41) is 13.9. The molecular formula is C15H15N5O2S3. The molecule has 10 heteroatoms. The van der Waals surface area contributed by atoms with Gasteiger partial charge >= 0.3 is 0 Å². The monoisotopic (exact) mass is 393 g/mol. The Labute approximate surface area is 157 Å². The molecule has 25 heavy (non-hydrogen) atoms. The maximum Gasteiger partial charge on any atom is 0.253 e. The molecule has 3 rings (SSSR count). The molecule has 2 heterocycles. The number of amides is 2. The Morgan fingerprint density at radius 2 is 1.80 bits per heavy atom. The lowest BCUT2D eigenvalue weighted by Gasteiger charge is -2.09. The van der Waals surface area contributed by atoms with Crippen molar-refractivity contribution in [1.82, 2.24) is 15.2 Å². The van der Waals surface area contributed by atoms with Crippen molar-refractivity contribution in [2.75, 3.05) is 18.1 Å². The number of nitrogens with two attached hydrogens (primary N) is 1. The smallest absolute Gasteiger partial charge is 0.253 e. The molecule has 1 aromatic heterocycles. The van der Waals surface area contributed by atoms with Gasteiger partial charge in [0, 0.05) is 6.42 Å². The molecule has 0 saturated heterocycles.